The van der Waals surface area contributed by atoms with Crippen molar-refractivity contribution < 1.29 is 4.79 Å². The molecule has 1 saturated heterocycles. The summed E-state index contributed by atoms with van der Waals surface area (Å²) < 4.78 is 0. The minimum absolute atomic E-state index is 0.318. The standard InChI is InChI=1S/C20H28N2O/c23-20(19-12-16-8-9-17(19)11-16)21-18-7-4-10-22(14-18)13-15-5-2-1-3-6-15/h1-3,5-6,16-19H,4,7-14H2,(H,21,23). The van der Waals surface area contributed by atoms with Gasteiger partial charge in [0.2, 0.25) is 5.91 Å². The van der Waals surface area contributed by atoms with Gasteiger partial charge in [-0.15, -0.1) is 0 Å². The van der Waals surface area contributed by atoms with Crippen molar-refractivity contribution >= 4 is 5.91 Å². The highest BCUT2D eigenvalue weighted by Crippen LogP contribution is 2.48. The van der Waals surface area contributed by atoms with E-state index >= 15 is 0 Å². The number of carbonyl (C=O) groups is 1. The number of hydrogen-bond acceptors (Lipinski definition) is 2. The van der Waals surface area contributed by atoms with Gasteiger partial charge in [0.15, 0.2) is 0 Å². The van der Waals surface area contributed by atoms with E-state index in [2.05, 4.69) is 40.5 Å². The summed E-state index contributed by atoms with van der Waals surface area (Å²) in [4.78, 5) is 15.1. The van der Waals surface area contributed by atoms with Crippen LogP contribution in [-0.2, 0) is 11.3 Å². The zero-order valence-corrected chi connectivity index (χ0v) is 13.9. The van der Waals surface area contributed by atoms with Gasteiger partial charge in [0.05, 0.1) is 0 Å². The van der Waals surface area contributed by atoms with E-state index in [4.69, 9.17) is 0 Å². The first kappa shape index (κ1) is 15.2. The molecule has 2 bridgehead atoms. The lowest BCUT2D eigenvalue weighted by atomic mass is 9.88. The smallest absolute Gasteiger partial charge is 0.223 e. The highest BCUT2D eigenvalue weighted by atomic mass is 16.2. The molecule has 124 valence electrons. The molecule has 0 aromatic heterocycles. The second-order valence-corrected chi connectivity index (χ2v) is 7.85. The molecule has 23 heavy (non-hydrogen) atoms. The fourth-order valence-corrected chi connectivity index (χ4v) is 5.03. The van der Waals surface area contributed by atoms with E-state index in [0.717, 1.165) is 38.4 Å². The second-order valence-electron chi connectivity index (χ2n) is 7.85. The van der Waals surface area contributed by atoms with E-state index in [-0.39, 0.29) is 0 Å². The molecule has 2 aliphatic carbocycles. The third-order valence-electron chi connectivity index (χ3n) is 6.18. The maximum absolute atomic E-state index is 12.6. The molecule has 1 amide bonds. The van der Waals surface area contributed by atoms with Gasteiger partial charge in [-0.1, -0.05) is 36.8 Å². The van der Waals surface area contributed by atoms with Gasteiger partial charge in [0, 0.05) is 25.0 Å². The Labute approximate surface area is 139 Å². The van der Waals surface area contributed by atoms with Crippen molar-refractivity contribution in [2.24, 2.45) is 17.8 Å². The number of piperidine rings is 1. The summed E-state index contributed by atoms with van der Waals surface area (Å²) in [5.41, 5.74) is 1.37. The molecule has 4 rings (SSSR count). The van der Waals surface area contributed by atoms with Crippen LogP contribution in [0.4, 0.5) is 0 Å². The molecule has 0 radical (unpaired) electrons. The van der Waals surface area contributed by atoms with Crippen molar-refractivity contribution in [3.8, 4) is 0 Å². The van der Waals surface area contributed by atoms with E-state index in [9.17, 15) is 4.79 Å². The SMILES string of the molecule is O=C(NC1CCCN(Cc2ccccc2)C1)C1CC2CCC1C2. The Bertz CT molecular complexity index is 544. The Hall–Kier alpha value is -1.35. The number of rotatable bonds is 4. The number of nitrogens with zero attached hydrogens (tertiary/aromatic N) is 1. The molecule has 4 atom stereocenters. The molecular formula is C20H28N2O. The molecule has 2 saturated carbocycles. The summed E-state index contributed by atoms with van der Waals surface area (Å²) in [6, 6.07) is 11.0. The van der Waals surface area contributed by atoms with Crippen molar-refractivity contribution in [1.82, 2.24) is 10.2 Å². The first-order chi connectivity index (χ1) is 11.3. The molecule has 1 heterocycles. The first-order valence-corrected chi connectivity index (χ1v) is 9.34. The number of hydrogen-bond donors (Lipinski definition) is 1. The van der Waals surface area contributed by atoms with Gasteiger partial charge in [0.25, 0.3) is 0 Å². The lowest BCUT2D eigenvalue weighted by molar-refractivity contribution is -0.127. The summed E-state index contributed by atoms with van der Waals surface area (Å²) in [5, 5.41) is 3.38. The molecule has 1 aliphatic heterocycles. The Balaban J connectivity index is 1.30. The van der Waals surface area contributed by atoms with Gasteiger partial charge >= 0.3 is 0 Å². The van der Waals surface area contributed by atoms with Crippen LogP contribution in [-0.4, -0.2) is 29.9 Å². The zero-order chi connectivity index (χ0) is 15.6. The summed E-state index contributed by atoms with van der Waals surface area (Å²) in [7, 11) is 0. The monoisotopic (exact) mass is 312 g/mol. The molecular weight excluding hydrogens is 284 g/mol. The van der Waals surface area contributed by atoms with E-state index in [1.54, 1.807) is 0 Å². The number of nitrogens with one attached hydrogen (secondary N) is 1. The van der Waals surface area contributed by atoms with Crippen LogP contribution in [0.5, 0.6) is 0 Å². The van der Waals surface area contributed by atoms with Crippen LogP contribution in [0, 0.1) is 17.8 Å². The molecule has 1 aromatic carbocycles. The zero-order valence-electron chi connectivity index (χ0n) is 13.9. The Morgan fingerprint density at radius 2 is 2.00 bits per heavy atom. The van der Waals surface area contributed by atoms with Crippen LogP contribution in [0.25, 0.3) is 0 Å². The van der Waals surface area contributed by atoms with Crippen molar-refractivity contribution in [2.45, 2.75) is 51.1 Å². The molecule has 3 heteroatoms. The third-order valence-corrected chi connectivity index (χ3v) is 6.18. The fraction of sp³-hybridized carbons (Fsp3) is 0.650. The van der Waals surface area contributed by atoms with Crippen LogP contribution in [0.1, 0.15) is 44.1 Å². The Kier molecular flexibility index (Phi) is 4.39. The van der Waals surface area contributed by atoms with Gasteiger partial charge < -0.3 is 5.32 Å². The first-order valence-electron chi connectivity index (χ1n) is 9.34. The summed E-state index contributed by atoms with van der Waals surface area (Å²) in [6.07, 6.45) is 7.43. The predicted octanol–water partition coefficient (Wildman–Crippen LogP) is 3.20. The number of likely N-dealkylation sites (tertiary alicyclic amines) is 1. The highest BCUT2D eigenvalue weighted by Gasteiger charge is 2.43. The van der Waals surface area contributed by atoms with Crippen LogP contribution in [0.15, 0.2) is 30.3 Å². The van der Waals surface area contributed by atoms with Crippen LogP contribution in [0.3, 0.4) is 0 Å². The molecule has 3 fully saturated rings. The summed E-state index contributed by atoms with van der Waals surface area (Å²) >= 11 is 0. The van der Waals surface area contributed by atoms with Crippen molar-refractivity contribution in [1.29, 1.82) is 0 Å². The van der Waals surface area contributed by atoms with Crippen molar-refractivity contribution in [3.05, 3.63) is 35.9 Å². The minimum Gasteiger partial charge on any atom is -0.352 e. The number of carbonyl (C=O) groups excluding carboxylic acids is 1. The third kappa shape index (κ3) is 3.45. The van der Waals surface area contributed by atoms with E-state index in [1.807, 2.05) is 0 Å². The van der Waals surface area contributed by atoms with Gasteiger partial charge in [0.1, 0.15) is 0 Å². The van der Waals surface area contributed by atoms with Gasteiger partial charge in [-0.3, -0.25) is 9.69 Å². The van der Waals surface area contributed by atoms with E-state index in [1.165, 1.54) is 31.2 Å². The Morgan fingerprint density at radius 3 is 2.74 bits per heavy atom. The summed E-state index contributed by atoms with van der Waals surface area (Å²) in [6.45, 7) is 3.15. The maximum Gasteiger partial charge on any atom is 0.223 e. The van der Waals surface area contributed by atoms with Crippen molar-refractivity contribution in [3.63, 3.8) is 0 Å². The van der Waals surface area contributed by atoms with Crippen LogP contribution < -0.4 is 5.32 Å². The molecule has 1 aromatic rings. The molecule has 4 unspecified atom stereocenters. The average molecular weight is 312 g/mol. The van der Waals surface area contributed by atoms with Gasteiger partial charge in [-0.25, -0.2) is 0 Å². The largest absolute Gasteiger partial charge is 0.352 e. The lowest BCUT2D eigenvalue weighted by Gasteiger charge is -2.34. The van der Waals surface area contributed by atoms with Crippen molar-refractivity contribution in [2.75, 3.05) is 13.1 Å². The number of fused-ring (bicyclic) bond motifs is 2. The van der Waals surface area contributed by atoms with Crippen LogP contribution >= 0.6 is 0 Å². The second kappa shape index (κ2) is 6.64. The van der Waals surface area contributed by atoms with E-state index < -0.39 is 0 Å². The average Bonchev–Trinajstić information content (AvgIpc) is 3.19. The number of amides is 1. The topological polar surface area (TPSA) is 32.3 Å². The minimum atomic E-state index is 0.318. The maximum atomic E-state index is 12.6. The quantitative estimate of drug-likeness (QED) is 0.926. The molecule has 1 N–H and O–H groups in total. The normalized spacial score (nSPS) is 33.7. The van der Waals surface area contributed by atoms with Gasteiger partial charge in [-0.05, 0) is 56.0 Å². The molecule has 0 spiro atoms. The van der Waals surface area contributed by atoms with Gasteiger partial charge in [-0.2, -0.15) is 0 Å². The lowest BCUT2D eigenvalue weighted by Crippen LogP contribution is -2.49. The fourth-order valence-electron chi connectivity index (χ4n) is 5.03. The molecule has 3 nitrogen and oxygen atoms in total. The Morgan fingerprint density at radius 1 is 1.13 bits per heavy atom. The molecule has 3 aliphatic rings. The predicted molar refractivity (Wildman–Crippen MR) is 91.8 cm³/mol. The van der Waals surface area contributed by atoms with E-state index in [0.29, 0.717) is 23.8 Å². The van der Waals surface area contributed by atoms with Crippen LogP contribution in [0.2, 0.25) is 0 Å². The highest BCUT2D eigenvalue weighted by molar-refractivity contribution is 5.79. The number of benzene rings is 1. The summed E-state index contributed by atoms with van der Waals surface area (Å²) in [5.74, 6) is 2.20.